The molecule has 0 saturated carbocycles. The number of aromatic hydroxyl groups is 1. The fraction of sp³-hybridized carbons (Fsp3) is 0.150. The van der Waals surface area contributed by atoms with Gasteiger partial charge in [-0.25, -0.2) is 0 Å². The third-order valence-electron chi connectivity index (χ3n) is 3.66. The normalized spacial score (nSPS) is 10.7. The zero-order valence-electron chi connectivity index (χ0n) is 13.2. The Kier molecular flexibility index (Phi) is 4.66. The molecule has 0 bridgehead atoms. The van der Waals surface area contributed by atoms with E-state index in [0.29, 0.717) is 23.7 Å². The van der Waals surface area contributed by atoms with E-state index in [1.54, 1.807) is 6.07 Å². The van der Waals surface area contributed by atoms with E-state index in [1.807, 2.05) is 36.4 Å². The molecule has 0 amide bonds. The van der Waals surface area contributed by atoms with Crippen LogP contribution in [0, 0.1) is 0 Å². The van der Waals surface area contributed by atoms with E-state index in [9.17, 15) is 9.90 Å². The second kappa shape index (κ2) is 7.04. The van der Waals surface area contributed by atoms with Gasteiger partial charge in [-0.3, -0.25) is 4.79 Å². The molecule has 0 saturated heterocycles. The Bertz CT molecular complexity index is 910. The van der Waals surface area contributed by atoms with Crippen molar-refractivity contribution >= 4 is 11.0 Å². The second-order valence-corrected chi connectivity index (χ2v) is 5.44. The van der Waals surface area contributed by atoms with E-state index >= 15 is 0 Å². The summed E-state index contributed by atoms with van der Waals surface area (Å²) in [5.41, 5.74) is 0.819. The van der Waals surface area contributed by atoms with Crippen molar-refractivity contribution in [3.05, 3.63) is 71.4 Å². The van der Waals surface area contributed by atoms with Gasteiger partial charge in [0.2, 0.25) is 0 Å². The lowest BCUT2D eigenvalue weighted by molar-refractivity contribution is 0.310. The standard InChI is InChI=1S/C20H18O4/c1-2-3-7-10-23-15-11-16(21)20-17(22)13-18(24-19(20)12-15)14-8-5-4-6-9-14/h2,4-6,8-9,11-13,21H,1,3,7,10H2. The fourth-order valence-corrected chi connectivity index (χ4v) is 2.49. The highest BCUT2D eigenvalue weighted by atomic mass is 16.5. The summed E-state index contributed by atoms with van der Waals surface area (Å²) in [6.07, 6.45) is 3.51. The summed E-state index contributed by atoms with van der Waals surface area (Å²) < 4.78 is 11.4. The minimum absolute atomic E-state index is 0.139. The molecule has 0 aliphatic heterocycles. The summed E-state index contributed by atoms with van der Waals surface area (Å²) in [5, 5.41) is 10.3. The molecule has 24 heavy (non-hydrogen) atoms. The molecular weight excluding hydrogens is 304 g/mol. The van der Waals surface area contributed by atoms with Crippen molar-refractivity contribution in [2.75, 3.05) is 6.61 Å². The Morgan fingerprint density at radius 1 is 1.17 bits per heavy atom. The highest BCUT2D eigenvalue weighted by Gasteiger charge is 2.12. The molecule has 2 aromatic carbocycles. The average Bonchev–Trinajstić information content (AvgIpc) is 2.59. The fourth-order valence-electron chi connectivity index (χ4n) is 2.49. The SMILES string of the molecule is C=CCCCOc1cc(O)c2c(=O)cc(-c3ccccc3)oc2c1. The summed E-state index contributed by atoms with van der Waals surface area (Å²) in [4.78, 5) is 12.3. The maximum atomic E-state index is 12.3. The van der Waals surface area contributed by atoms with Crippen LogP contribution in [0.4, 0.5) is 0 Å². The van der Waals surface area contributed by atoms with Crippen LogP contribution in [0.5, 0.6) is 11.5 Å². The van der Waals surface area contributed by atoms with Crippen molar-refractivity contribution in [3.8, 4) is 22.8 Å². The number of ether oxygens (including phenoxy) is 1. The number of rotatable bonds is 6. The van der Waals surface area contributed by atoms with Gasteiger partial charge in [-0.05, 0) is 12.8 Å². The molecule has 0 fully saturated rings. The van der Waals surface area contributed by atoms with Gasteiger partial charge in [0.05, 0.1) is 6.61 Å². The summed E-state index contributed by atoms with van der Waals surface area (Å²) in [5.74, 6) is 0.785. The van der Waals surface area contributed by atoms with Crippen LogP contribution in [0.2, 0.25) is 0 Å². The van der Waals surface area contributed by atoms with Gasteiger partial charge in [0.1, 0.15) is 28.2 Å². The maximum absolute atomic E-state index is 12.3. The van der Waals surface area contributed by atoms with Crippen LogP contribution in [-0.4, -0.2) is 11.7 Å². The molecule has 122 valence electrons. The van der Waals surface area contributed by atoms with Gasteiger partial charge in [-0.15, -0.1) is 6.58 Å². The van der Waals surface area contributed by atoms with Crippen molar-refractivity contribution in [1.29, 1.82) is 0 Å². The first-order chi connectivity index (χ1) is 11.7. The average molecular weight is 322 g/mol. The monoisotopic (exact) mass is 322 g/mol. The van der Waals surface area contributed by atoms with Crippen LogP contribution in [0.3, 0.4) is 0 Å². The van der Waals surface area contributed by atoms with Gasteiger partial charge in [-0.1, -0.05) is 36.4 Å². The molecule has 0 atom stereocenters. The molecule has 3 rings (SSSR count). The van der Waals surface area contributed by atoms with Crippen LogP contribution in [-0.2, 0) is 0 Å². The number of benzene rings is 2. The number of unbranched alkanes of at least 4 members (excludes halogenated alkanes) is 1. The molecule has 0 aliphatic rings. The number of phenolic OH excluding ortho intramolecular Hbond substituents is 1. The van der Waals surface area contributed by atoms with Gasteiger partial charge >= 0.3 is 0 Å². The van der Waals surface area contributed by atoms with Crippen LogP contribution in [0.25, 0.3) is 22.3 Å². The predicted octanol–water partition coefficient (Wildman–Crippen LogP) is 4.51. The van der Waals surface area contributed by atoms with E-state index < -0.39 is 0 Å². The zero-order chi connectivity index (χ0) is 16.9. The Balaban J connectivity index is 2.01. The summed E-state index contributed by atoms with van der Waals surface area (Å²) in [6, 6.07) is 13.8. The van der Waals surface area contributed by atoms with Crippen molar-refractivity contribution in [1.82, 2.24) is 0 Å². The van der Waals surface area contributed by atoms with Crippen LogP contribution in [0.1, 0.15) is 12.8 Å². The predicted molar refractivity (Wildman–Crippen MR) is 94.5 cm³/mol. The molecule has 0 unspecified atom stereocenters. The Hall–Kier alpha value is -3.01. The van der Waals surface area contributed by atoms with Crippen molar-refractivity contribution < 1.29 is 14.3 Å². The Morgan fingerprint density at radius 3 is 2.71 bits per heavy atom. The van der Waals surface area contributed by atoms with Crippen LogP contribution < -0.4 is 10.2 Å². The zero-order valence-corrected chi connectivity index (χ0v) is 13.2. The lowest BCUT2D eigenvalue weighted by Crippen LogP contribution is -2.02. The molecule has 4 nitrogen and oxygen atoms in total. The van der Waals surface area contributed by atoms with Gasteiger partial charge in [0.25, 0.3) is 0 Å². The number of phenols is 1. The molecule has 1 heterocycles. The van der Waals surface area contributed by atoms with E-state index in [4.69, 9.17) is 9.15 Å². The van der Waals surface area contributed by atoms with E-state index in [0.717, 1.165) is 18.4 Å². The van der Waals surface area contributed by atoms with Crippen LogP contribution >= 0.6 is 0 Å². The van der Waals surface area contributed by atoms with E-state index in [2.05, 4.69) is 6.58 Å². The molecule has 1 N–H and O–H groups in total. The summed E-state index contributed by atoms with van der Waals surface area (Å²) in [7, 11) is 0. The topological polar surface area (TPSA) is 59.7 Å². The smallest absolute Gasteiger partial charge is 0.197 e. The highest BCUT2D eigenvalue weighted by molar-refractivity contribution is 5.86. The van der Waals surface area contributed by atoms with Crippen molar-refractivity contribution in [2.24, 2.45) is 0 Å². The summed E-state index contributed by atoms with van der Waals surface area (Å²) in [6.45, 7) is 4.16. The first-order valence-electron chi connectivity index (χ1n) is 7.79. The lowest BCUT2D eigenvalue weighted by Gasteiger charge is -2.09. The highest BCUT2D eigenvalue weighted by Crippen LogP contribution is 2.31. The van der Waals surface area contributed by atoms with Gasteiger partial charge in [0.15, 0.2) is 5.43 Å². The maximum Gasteiger partial charge on any atom is 0.197 e. The van der Waals surface area contributed by atoms with Gasteiger partial charge < -0.3 is 14.3 Å². The van der Waals surface area contributed by atoms with Gasteiger partial charge in [-0.2, -0.15) is 0 Å². The van der Waals surface area contributed by atoms with E-state index in [1.165, 1.54) is 12.1 Å². The third kappa shape index (κ3) is 3.33. The van der Waals surface area contributed by atoms with E-state index in [-0.39, 0.29) is 16.6 Å². The van der Waals surface area contributed by atoms with Crippen molar-refractivity contribution in [2.45, 2.75) is 12.8 Å². The number of hydrogen-bond acceptors (Lipinski definition) is 4. The third-order valence-corrected chi connectivity index (χ3v) is 3.66. The molecule has 0 spiro atoms. The largest absolute Gasteiger partial charge is 0.507 e. The molecule has 0 aliphatic carbocycles. The van der Waals surface area contributed by atoms with Crippen LogP contribution in [0.15, 0.2) is 70.4 Å². The molecular formula is C20H18O4. The quantitative estimate of drug-likeness (QED) is 0.536. The van der Waals surface area contributed by atoms with Gasteiger partial charge in [0, 0.05) is 23.8 Å². The minimum Gasteiger partial charge on any atom is -0.507 e. The Labute approximate surface area is 139 Å². The molecule has 4 heteroatoms. The number of allylic oxidation sites excluding steroid dienone is 1. The number of hydrogen-bond donors (Lipinski definition) is 1. The molecule has 1 aromatic heterocycles. The van der Waals surface area contributed by atoms with Crippen molar-refractivity contribution in [3.63, 3.8) is 0 Å². The number of fused-ring (bicyclic) bond motifs is 1. The summed E-state index contributed by atoms with van der Waals surface area (Å²) >= 11 is 0. The first kappa shape index (κ1) is 15.9. The molecule has 0 radical (unpaired) electrons. The second-order valence-electron chi connectivity index (χ2n) is 5.44. The molecule has 3 aromatic rings. The Morgan fingerprint density at radius 2 is 1.96 bits per heavy atom. The lowest BCUT2D eigenvalue weighted by atomic mass is 10.1. The minimum atomic E-state index is -0.286. The first-order valence-corrected chi connectivity index (χ1v) is 7.79.